The minimum atomic E-state index is 0.0375. The molecule has 3 N–H and O–H groups in total. The molecule has 2 fully saturated rings. The highest BCUT2D eigenvalue weighted by Crippen LogP contribution is 2.30. The Morgan fingerprint density at radius 3 is 2.72 bits per heavy atom. The summed E-state index contributed by atoms with van der Waals surface area (Å²) in [6.07, 6.45) is 5.23. The third-order valence-electron chi connectivity index (χ3n) is 5.67. The van der Waals surface area contributed by atoms with Crippen LogP contribution in [0.5, 0.6) is 0 Å². The van der Waals surface area contributed by atoms with Crippen LogP contribution in [-0.2, 0) is 4.79 Å². The number of fused-ring (bicyclic) bond motifs is 1. The Hall–Kier alpha value is -1.43. The Labute approximate surface area is 151 Å². The summed E-state index contributed by atoms with van der Waals surface area (Å²) in [5, 5.41) is 3.11. The predicted octanol–water partition coefficient (Wildman–Crippen LogP) is 2.14. The van der Waals surface area contributed by atoms with Gasteiger partial charge in [-0.3, -0.25) is 20.5 Å². The largest absolute Gasteiger partial charge is 0.348 e. The standard InChI is InChI=1S/C20H32N4O/c1-14-8-10-16(11-9-14)15(2)21-20(25)13-24(3)12-19-17-6-4-5-7-18(17)22-23-19/h8-11,15,17-19,22-23H,4-7,12-13H2,1-3H3,(H,21,25). The van der Waals surface area contributed by atoms with E-state index in [0.717, 1.165) is 12.1 Å². The lowest BCUT2D eigenvalue weighted by atomic mass is 9.81. The van der Waals surface area contributed by atoms with Gasteiger partial charge in [0.15, 0.2) is 0 Å². The number of hydrogen-bond donors (Lipinski definition) is 3. The number of hydrogen-bond acceptors (Lipinski definition) is 4. The van der Waals surface area contributed by atoms with Crippen LogP contribution in [0.15, 0.2) is 24.3 Å². The minimum Gasteiger partial charge on any atom is -0.348 e. The van der Waals surface area contributed by atoms with Gasteiger partial charge in [0.2, 0.25) is 5.91 Å². The van der Waals surface area contributed by atoms with Crippen molar-refractivity contribution >= 4 is 5.91 Å². The summed E-state index contributed by atoms with van der Waals surface area (Å²) < 4.78 is 0. The first-order valence-electron chi connectivity index (χ1n) is 9.58. The normalized spacial score (nSPS) is 27.1. The fourth-order valence-corrected chi connectivity index (χ4v) is 4.19. The maximum atomic E-state index is 12.4. The average Bonchev–Trinajstić information content (AvgIpc) is 2.98. The van der Waals surface area contributed by atoms with Gasteiger partial charge in [-0.2, -0.15) is 0 Å². The number of benzene rings is 1. The lowest BCUT2D eigenvalue weighted by molar-refractivity contribution is -0.122. The molecule has 4 unspecified atom stereocenters. The van der Waals surface area contributed by atoms with Crippen LogP contribution in [0.4, 0.5) is 0 Å². The van der Waals surface area contributed by atoms with Crippen molar-refractivity contribution in [3.8, 4) is 0 Å². The molecule has 25 heavy (non-hydrogen) atoms. The van der Waals surface area contributed by atoms with Gasteiger partial charge in [0.1, 0.15) is 0 Å². The third kappa shape index (κ3) is 4.81. The van der Waals surface area contributed by atoms with Crippen LogP contribution in [0.1, 0.15) is 49.8 Å². The summed E-state index contributed by atoms with van der Waals surface area (Å²) in [4.78, 5) is 14.5. The lowest BCUT2D eigenvalue weighted by Gasteiger charge is -2.29. The first-order valence-corrected chi connectivity index (χ1v) is 9.58. The molecule has 1 heterocycles. The summed E-state index contributed by atoms with van der Waals surface area (Å²) >= 11 is 0. The maximum Gasteiger partial charge on any atom is 0.234 e. The Morgan fingerprint density at radius 1 is 1.24 bits per heavy atom. The Balaban J connectivity index is 1.45. The van der Waals surface area contributed by atoms with Gasteiger partial charge in [-0.1, -0.05) is 42.7 Å². The number of rotatable bonds is 6. The van der Waals surface area contributed by atoms with Gasteiger partial charge in [0.05, 0.1) is 12.6 Å². The van der Waals surface area contributed by atoms with Crippen molar-refractivity contribution in [1.29, 1.82) is 0 Å². The van der Waals surface area contributed by atoms with Crippen LogP contribution < -0.4 is 16.2 Å². The molecule has 4 atom stereocenters. The predicted molar refractivity (Wildman–Crippen MR) is 101 cm³/mol. The van der Waals surface area contributed by atoms with E-state index in [1.54, 1.807) is 0 Å². The average molecular weight is 345 g/mol. The first kappa shape index (κ1) is 18.4. The van der Waals surface area contributed by atoms with Gasteiger partial charge in [-0.25, -0.2) is 0 Å². The number of hydrazine groups is 1. The number of likely N-dealkylation sites (N-methyl/N-ethyl adjacent to an activating group) is 1. The molecule has 1 aromatic carbocycles. The van der Waals surface area contributed by atoms with Crippen molar-refractivity contribution in [2.24, 2.45) is 5.92 Å². The van der Waals surface area contributed by atoms with Crippen molar-refractivity contribution in [1.82, 2.24) is 21.1 Å². The quantitative estimate of drug-likeness (QED) is 0.740. The number of carbonyl (C=O) groups excluding carboxylic acids is 1. The van der Waals surface area contributed by atoms with Crippen LogP contribution in [0.3, 0.4) is 0 Å². The van der Waals surface area contributed by atoms with Gasteiger partial charge in [0, 0.05) is 18.6 Å². The molecule has 1 amide bonds. The summed E-state index contributed by atoms with van der Waals surface area (Å²) in [6.45, 7) is 5.45. The maximum absolute atomic E-state index is 12.4. The number of carbonyl (C=O) groups is 1. The van der Waals surface area contributed by atoms with Crippen LogP contribution in [0.2, 0.25) is 0 Å². The molecule has 0 radical (unpaired) electrons. The molecular weight excluding hydrogens is 312 g/mol. The van der Waals surface area contributed by atoms with Crippen molar-refractivity contribution in [3.63, 3.8) is 0 Å². The summed E-state index contributed by atoms with van der Waals surface area (Å²) in [5.74, 6) is 0.785. The van der Waals surface area contributed by atoms with Crippen molar-refractivity contribution in [2.45, 2.75) is 57.7 Å². The zero-order valence-electron chi connectivity index (χ0n) is 15.7. The Bertz CT molecular complexity index is 574. The van der Waals surface area contributed by atoms with E-state index in [1.807, 2.05) is 14.0 Å². The zero-order chi connectivity index (χ0) is 17.8. The zero-order valence-corrected chi connectivity index (χ0v) is 15.7. The molecule has 1 saturated carbocycles. The van der Waals surface area contributed by atoms with Crippen LogP contribution in [0.25, 0.3) is 0 Å². The fourth-order valence-electron chi connectivity index (χ4n) is 4.19. The van der Waals surface area contributed by atoms with Crippen molar-refractivity contribution < 1.29 is 4.79 Å². The van der Waals surface area contributed by atoms with E-state index in [1.165, 1.54) is 31.2 Å². The molecule has 5 heteroatoms. The molecule has 0 aromatic heterocycles. The summed E-state index contributed by atoms with van der Waals surface area (Å²) in [7, 11) is 2.04. The lowest BCUT2D eigenvalue weighted by Crippen LogP contribution is -2.44. The van der Waals surface area contributed by atoms with E-state index in [0.29, 0.717) is 24.5 Å². The molecule has 1 aliphatic heterocycles. The monoisotopic (exact) mass is 344 g/mol. The fraction of sp³-hybridized carbons (Fsp3) is 0.650. The second-order valence-electron chi connectivity index (χ2n) is 7.85. The van der Waals surface area contributed by atoms with Crippen LogP contribution in [-0.4, -0.2) is 43.0 Å². The third-order valence-corrected chi connectivity index (χ3v) is 5.67. The molecule has 138 valence electrons. The van der Waals surface area contributed by atoms with Crippen LogP contribution in [0, 0.1) is 12.8 Å². The highest BCUT2D eigenvalue weighted by atomic mass is 16.2. The number of nitrogens with one attached hydrogen (secondary N) is 3. The van der Waals surface area contributed by atoms with E-state index < -0.39 is 0 Å². The van der Waals surface area contributed by atoms with Gasteiger partial charge in [0.25, 0.3) is 0 Å². The molecule has 0 spiro atoms. The van der Waals surface area contributed by atoms with E-state index in [4.69, 9.17) is 0 Å². The summed E-state index contributed by atoms with van der Waals surface area (Å²) in [6, 6.07) is 9.44. The Morgan fingerprint density at radius 2 is 1.96 bits per heavy atom. The van der Waals surface area contributed by atoms with Crippen molar-refractivity contribution in [3.05, 3.63) is 35.4 Å². The molecule has 2 aliphatic rings. The second kappa shape index (κ2) is 8.30. The van der Waals surface area contributed by atoms with Gasteiger partial charge in [-0.15, -0.1) is 0 Å². The van der Waals surface area contributed by atoms with E-state index in [2.05, 4.69) is 52.3 Å². The Kier molecular flexibility index (Phi) is 6.10. The van der Waals surface area contributed by atoms with E-state index >= 15 is 0 Å². The SMILES string of the molecule is Cc1ccc(C(C)NC(=O)CN(C)CC2NNC3CCCCC32)cc1. The van der Waals surface area contributed by atoms with Crippen LogP contribution >= 0.6 is 0 Å². The van der Waals surface area contributed by atoms with Gasteiger partial charge >= 0.3 is 0 Å². The number of amides is 1. The molecule has 1 saturated heterocycles. The van der Waals surface area contributed by atoms with E-state index in [9.17, 15) is 4.79 Å². The molecule has 3 rings (SSSR count). The van der Waals surface area contributed by atoms with Crippen molar-refractivity contribution in [2.75, 3.05) is 20.1 Å². The topological polar surface area (TPSA) is 56.4 Å². The summed E-state index contributed by atoms with van der Waals surface area (Å²) in [5.41, 5.74) is 9.28. The highest BCUT2D eigenvalue weighted by molar-refractivity contribution is 5.78. The number of nitrogens with zero attached hydrogens (tertiary/aromatic N) is 1. The smallest absolute Gasteiger partial charge is 0.234 e. The minimum absolute atomic E-state index is 0.0375. The molecule has 5 nitrogen and oxygen atoms in total. The molecular formula is C20H32N4O. The number of aryl methyl sites for hydroxylation is 1. The molecule has 1 aliphatic carbocycles. The van der Waals surface area contributed by atoms with E-state index in [-0.39, 0.29) is 11.9 Å². The second-order valence-corrected chi connectivity index (χ2v) is 7.85. The molecule has 0 bridgehead atoms. The highest BCUT2D eigenvalue weighted by Gasteiger charge is 2.37. The molecule has 1 aromatic rings. The van der Waals surface area contributed by atoms with Gasteiger partial charge < -0.3 is 5.32 Å². The first-order chi connectivity index (χ1) is 12.0. The van der Waals surface area contributed by atoms with Gasteiger partial charge in [-0.05, 0) is 45.2 Å².